The molecule has 0 aliphatic heterocycles. The van der Waals surface area contributed by atoms with Crippen LogP contribution in [0.15, 0.2) is 66.7 Å². The van der Waals surface area contributed by atoms with Crippen molar-refractivity contribution in [3.05, 3.63) is 72.3 Å². The minimum atomic E-state index is -0.554. The van der Waals surface area contributed by atoms with Crippen LogP contribution in [0.25, 0.3) is 0 Å². The Hall–Kier alpha value is -3.08. The second kappa shape index (κ2) is 9.15. The Labute approximate surface area is 140 Å². The number of benzene rings is 2. The molecule has 0 aliphatic carbocycles. The number of carbonyl (C=O) groups is 2. The molecule has 0 fully saturated rings. The fraction of sp³-hybridized carbons (Fsp3) is 0.158. The van der Waals surface area contributed by atoms with Gasteiger partial charge < -0.3 is 14.8 Å². The summed E-state index contributed by atoms with van der Waals surface area (Å²) in [4.78, 5) is 23.1. The lowest BCUT2D eigenvalue weighted by Gasteiger charge is -2.11. The third kappa shape index (κ3) is 5.61. The van der Waals surface area contributed by atoms with Crippen molar-refractivity contribution in [3.8, 4) is 5.75 Å². The first-order valence-corrected chi connectivity index (χ1v) is 7.60. The Morgan fingerprint density at radius 1 is 1.00 bits per heavy atom. The van der Waals surface area contributed by atoms with Crippen LogP contribution < -0.4 is 10.1 Å². The van der Waals surface area contributed by atoms with E-state index in [1.165, 1.54) is 0 Å². The van der Waals surface area contributed by atoms with Crippen LogP contribution in [0.2, 0.25) is 0 Å². The van der Waals surface area contributed by atoms with Crippen molar-refractivity contribution in [2.75, 3.05) is 11.9 Å². The van der Waals surface area contributed by atoms with Gasteiger partial charge in [-0.25, -0.2) is 4.79 Å². The first-order chi connectivity index (χ1) is 11.7. The molecular weight excluding hydrogens is 306 g/mol. The molecule has 0 heterocycles. The molecule has 5 heteroatoms. The fourth-order valence-electron chi connectivity index (χ4n) is 1.94. The zero-order valence-electron chi connectivity index (χ0n) is 13.4. The van der Waals surface area contributed by atoms with E-state index in [0.29, 0.717) is 18.0 Å². The number of rotatable bonds is 7. The SMILES string of the molecule is CCOC(=O)/C=C/C(=O)Nc1ccccc1OCc1ccccc1. The second-order valence-electron chi connectivity index (χ2n) is 4.85. The normalized spacial score (nSPS) is 10.4. The summed E-state index contributed by atoms with van der Waals surface area (Å²) in [6.45, 7) is 2.36. The Morgan fingerprint density at radius 3 is 2.46 bits per heavy atom. The van der Waals surface area contributed by atoms with Crippen molar-refractivity contribution in [3.63, 3.8) is 0 Å². The lowest BCUT2D eigenvalue weighted by atomic mass is 10.2. The number of amides is 1. The quantitative estimate of drug-likeness (QED) is 0.626. The molecule has 0 saturated heterocycles. The van der Waals surface area contributed by atoms with Crippen molar-refractivity contribution in [1.82, 2.24) is 0 Å². The van der Waals surface area contributed by atoms with Gasteiger partial charge in [-0.15, -0.1) is 0 Å². The molecule has 1 amide bonds. The zero-order chi connectivity index (χ0) is 17.2. The Bertz CT molecular complexity index is 710. The fourth-order valence-corrected chi connectivity index (χ4v) is 1.94. The van der Waals surface area contributed by atoms with Gasteiger partial charge in [0.25, 0.3) is 0 Å². The van der Waals surface area contributed by atoms with E-state index in [-0.39, 0.29) is 6.61 Å². The highest BCUT2D eigenvalue weighted by molar-refractivity contribution is 6.03. The lowest BCUT2D eigenvalue weighted by Crippen LogP contribution is -2.10. The van der Waals surface area contributed by atoms with Crippen molar-refractivity contribution in [2.45, 2.75) is 13.5 Å². The monoisotopic (exact) mass is 325 g/mol. The summed E-state index contributed by atoms with van der Waals surface area (Å²) < 4.78 is 10.5. The Kier molecular flexibility index (Phi) is 6.58. The summed E-state index contributed by atoms with van der Waals surface area (Å²) in [6.07, 6.45) is 2.22. The smallest absolute Gasteiger partial charge is 0.330 e. The van der Waals surface area contributed by atoms with Crippen LogP contribution in [0, 0.1) is 0 Å². The number of ether oxygens (including phenoxy) is 2. The van der Waals surface area contributed by atoms with Crippen LogP contribution >= 0.6 is 0 Å². The molecule has 1 N–H and O–H groups in total. The summed E-state index contributed by atoms with van der Waals surface area (Å²) in [5.41, 5.74) is 1.56. The van der Waals surface area contributed by atoms with E-state index in [1.54, 1.807) is 25.1 Å². The number of hydrogen-bond acceptors (Lipinski definition) is 4. The molecule has 0 aromatic heterocycles. The van der Waals surface area contributed by atoms with E-state index in [9.17, 15) is 9.59 Å². The predicted molar refractivity (Wildman–Crippen MR) is 91.6 cm³/mol. The molecule has 2 aromatic carbocycles. The highest BCUT2D eigenvalue weighted by Crippen LogP contribution is 2.24. The van der Waals surface area contributed by atoms with Crippen LogP contribution in [-0.2, 0) is 20.9 Å². The van der Waals surface area contributed by atoms with Gasteiger partial charge in [0.1, 0.15) is 12.4 Å². The maximum atomic E-state index is 11.9. The third-order valence-electron chi connectivity index (χ3n) is 3.04. The van der Waals surface area contributed by atoms with E-state index >= 15 is 0 Å². The van der Waals surface area contributed by atoms with E-state index in [4.69, 9.17) is 9.47 Å². The van der Waals surface area contributed by atoms with Crippen LogP contribution in [0.1, 0.15) is 12.5 Å². The van der Waals surface area contributed by atoms with Crippen molar-refractivity contribution in [2.24, 2.45) is 0 Å². The summed E-state index contributed by atoms with van der Waals surface area (Å²) in [7, 11) is 0. The predicted octanol–water partition coefficient (Wildman–Crippen LogP) is 3.32. The molecule has 0 aliphatic rings. The van der Waals surface area contributed by atoms with Gasteiger partial charge in [0.2, 0.25) is 5.91 Å². The number of anilines is 1. The molecule has 0 unspecified atom stereocenters. The molecule has 0 bridgehead atoms. The number of para-hydroxylation sites is 2. The number of carbonyl (C=O) groups excluding carboxylic acids is 2. The maximum absolute atomic E-state index is 11.9. The van der Waals surface area contributed by atoms with Gasteiger partial charge in [-0.3, -0.25) is 4.79 Å². The van der Waals surface area contributed by atoms with E-state index < -0.39 is 11.9 Å². The molecule has 0 radical (unpaired) electrons. The van der Waals surface area contributed by atoms with Gasteiger partial charge in [-0.2, -0.15) is 0 Å². The van der Waals surface area contributed by atoms with Crippen LogP contribution in [0.4, 0.5) is 5.69 Å². The minimum Gasteiger partial charge on any atom is -0.487 e. The minimum absolute atomic E-state index is 0.265. The summed E-state index contributed by atoms with van der Waals surface area (Å²) >= 11 is 0. The van der Waals surface area contributed by atoms with E-state index in [0.717, 1.165) is 17.7 Å². The summed E-state index contributed by atoms with van der Waals surface area (Å²) in [5, 5.41) is 2.69. The Morgan fingerprint density at radius 2 is 1.71 bits per heavy atom. The molecule has 2 rings (SSSR count). The maximum Gasteiger partial charge on any atom is 0.330 e. The van der Waals surface area contributed by atoms with Crippen LogP contribution in [-0.4, -0.2) is 18.5 Å². The molecule has 0 saturated carbocycles. The Balaban J connectivity index is 1.98. The first-order valence-electron chi connectivity index (χ1n) is 7.60. The van der Waals surface area contributed by atoms with Gasteiger partial charge in [-0.05, 0) is 24.6 Å². The topological polar surface area (TPSA) is 64.6 Å². The largest absolute Gasteiger partial charge is 0.487 e. The van der Waals surface area contributed by atoms with E-state index in [1.807, 2.05) is 36.4 Å². The first kappa shape index (κ1) is 17.3. The van der Waals surface area contributed by atoms with E-state index in [2.05, 4.69) is 5.32 Å². The molecule has 5 nitrogen and oxygen atoms in total. The van der Waals surface area contributed by atoms with Crippen molar-refractivity contribution >= 4 is 17.6 Å². The van der Waals surface area contributed by atoms with Gasteiger partial charge in [0.05, 0.1) is 12.3 Å². The van der Waals surface area contributed by atoms with Crippen molar-refractivity contribution < 1.29 is 19.1 Å². The van der Waals surface area contributed by atoms with Gasteiger partial charge in [0.15, 0.2) is 0 Å². The van der Waals surface area contributed by atoms with Crippen molar-refractivity contribution in [1.29, 1.82) is 0 Å². The molecular formula is C19H19NO4. The van der Waals surface area contributed by atoms with Gasteiger partial charge in [-0.1, -0.05) is 42.5 Å². The standard InChI is InChI=1S/C19H19NO4/c1-2-23-19(22)13-12-18(21)20-16-10-6-7-11-17(16)24-14-15-8-4-3-5-9-15/h3-13H,2,14H2,1H3,(H,20,21)/b13-12+. The molecule has 2 aromatic rings. The molecule has 0 atom stereocenters. The molecule has 24 heavy (non-hydrogen) atoms. The highest BCUT2D eigenvalue weighted by atomic mass is 16.5. The summed E-state index contributed by atoms with van der Waals surface area (Å²) in [6, 6.07) is 16.9. The lowest BCUT2D eigenvalue weighted by molar-refractivity contribution is -0.137. The highest BCUT2D eigenvalue weighted by Gasteiger charge is 2.06. The number of esters is 1. The van der Waals surface area contributed by atoms with Crippen LogP contribution in [0.3, 0.4) is 0 Å². The second-order valence-corrected chi connectivity index (χ2v) is 4.85. The zero-order valence-corrected chi connectivity index (χ0v) is 13.4. The van der Waals surface area contributed by atoms with Crippen LogP contribution in [0.5, 0.6) is 5.75 Å². The van der Waals surface area contributed by atoms with Gasteiger partial charge in [0, 0.05) is 12.2 Å². The third-order valence-corrected chi connectivity index (χ3v) is 3.04. The molecule has 124 valence electrons. The average molecular weight is 325 g/mol. The number of nitrogens with one attached hydrogen (secondary N) is 1. The number of hydrogen-bond donors (Lipinski definition) is 1. The average Bonchev–Trinajstić information content (AvgIpc) is 2.60. The molecule has 0 spiro atoms. The van der Waals surface area contributed by atoms with Gasteiger partial charge >= 0.3 is 5.97 Å². The summed E-state index contributed by atoms with van der Waals surface area (Å²) in [5.74, 6) is -0.431.